The van der Waals surface area contributed by atoms with Crippen LogP contribution in [0, 0.1) is 18.5 Å². The van der Waals surface area contributed by atoms with E-state index in [2.05, 4.69) is 75.8 Å². The number of fused-ring (bicyclic) bond motifs is 4. The molecule has 0 atom stereocenters. The van der Waals surface area contributed by atoms with E-state index >= 15 is 0 Å². The Morgan fingerprint density at radius 3 is 2.08 bits per heavy atom. The molecular formula is C55H44N4OPt-2. The standard InChI is InChI=1S/C55H44N4O.Pt/c1-37(2)44-24-16-28-50-54(44)57(36-58(50)53-45(38-17-8-6-9-18-38)25-15-26-46(53)39-19-10-7-11-20-39)41-21-14-22-42(34-41)60-43-29-30-48-47-23-12-13-27-49(47)59(51(48)35-43)52-33-40(31-32-56-52)55(3,4)5;/h6-33,37H,1-5H3;/q-2;/i6D,7D,8D,9D,10D,11D,17D,18D,19D,20D;. The predicted molar refractivity (Wildman–Crippen MR) is 244 cm³/mol. The van der Waals surface area contributed by atoms with Crippen LogP contribution < -0.4 is 9.30 Å². The van der Waals surface area contributed by atoms with Crippen molar-refractivity contribution in [3.05, 3.63) is 199 Å². The number of rotatable bonds is 8. The van der Waals surface area contributed by atoms with Crippen molar-refractivity contribution in [1.82, 2.24) is 14.1 Å². The molecule has 3 aromatic heterocycles. The number of ether oxygens (including phenoxy) is 1. The van der Waals surface area contributed by atoms with Crippen molar-refractivity contribution in [3.8, 4) is 50.9 Å². The molecule has 302 valence electrons. The van der Waals surface area contributed by atoms with Crippen molar-refractivity contribution in [3.63, 3.8) is 0 Å². The fourth-order valence-corrected chi connectivity index (χ4v) is 7.87. The van der Waals surface area contributed by atoms with E-state index in [9.17, 15) is 0 Å². The van der Waals surface area contributed by atoms with Crippen LogP contribution in [0.4, 0.5) is 0 Å². The van der Waals surface area contributed by atoms with E-state index < -0.39 is 60.4 Å². The van der Waals surface area contributed by atoms with E-state index in [0.29, 0.717) is 28.2 Å². The molecule has 0 saturated heterocycles. The first-order valence-corrected chi connectivity index (χ1v) is 19.8. The predicted octanol–water partition coefficient (Wildman–Crippen LogP) is 13.3. The molecule has 10 aromatic rings. The summed E-state index contributed by atoms with van der Waals surface area (Å²) in [5.74, 6) is 1.54. The minimum absolute atomic E-state index is 0. The summed E-state index contributed by atoms with van der Waals surface area (Å²) in [5, 5.41) is 2.03. The second-order valence-corrected chi connectivity index (χ2v) is 15.9. The van der Waals surface area contributed by atoms with E-state index in [4.69, 9.17) is 23.4 Å². The Bertz CT molecular complexity index is 3660. The summed E-state index contributed by atoms with van der Waals surface area (Å²) in [6, 6.07) is 33.9. The minimum atomic E-state index is -0.570. The molecule has 0 spiro atoms. The number of hydrogen-bond acceptors (Lipinski definition) is 2. The minimum Gasteiger partial charge on any atom is -0.510 e. The molecule has 3 heterocycles. The summed E-state index contributed by atoms with van der Waals surface area (Å²) >= 11 is 0. The topological polar surface area (TPSA) is 35.9 Å². The summed E-state index contributed by atoms with van der Waals surface area (Å²) in [6.45, 7) is 10.6. The van der Waals surface area contributed by atoms with Gasteiger partial charge in [-0.25, -0.2) is 4.98 Å². The Balaban J connectivity index is 0.00000624. The fraction of sp³-hybridized carbons (Fsp3) is 0.127. The zero-order valence-electron chi connectivity index (χ0n) is 44.0. The molecule has 0 aliphatic carbocycles. The second kappa shape index (κ2) is 16.1. The molecule has 7 aromatic carbocycles. The van der Waals surface area contributed by atoms with Gasteiger partial charge in [0, 0.05) is 44.3 Å². The van der Waals surface area contributed by atoms with Crippen molar-refractivity contribution in [2.75, 3.05) is 0 Å². The van der Waals surface area contributed by atoms with Gasteiger partial charge in [0.05, 0.1) is 30.4 Å². The van der Waals surface area contributed by atoms with Gasteiger partial charge in [-0.1, -0.05) is 155 Å². The first kappa shape index (κ1) is 29.6. The van der Waals surface area contributed by atoms with Crippen LogP contribution in [-0.4, -0.2) is 14.1 Å². The monoisotopic (exact) mass is 981 g/mol. The summed E-state index contributed by atoms with van der Waals surface area (Å²) in [7, 11) is 0. The quantitative estimate of drug-likeness (QED) is 0.112. The van der Waals surface area contributed by atoms with E-state index in [1.54, 1.807) is 33.4 Å². The van der Waals surface area contributed by atoms with Gasteiger partial charge in [0.25, 0.3) is 6.33 Å². The van der Waals surface area contributed by atoms with Crippen LogP contribution in [0.3, 0.4) is 0 Å². The maximum absolute atomic E-state index is 9.07. The largest absolute Gasteiger partial charge is 0.510 e. The number of nitrogens with zero attached hydrogens (tertiary/aromatic N) is 4. The third-order valence-electron chi connectivity index (χ3n) is 10.7. The zero-order valence-corrected chi connectivity index (χ0v) is 36.3. The maximum atomic E-state index is 9.07. The Kier molecular flexibility index (Phi) is 7.84. The van der Waals surface area contributed by atoms with Crippen LogP contribution in [0.15, 0.2) is 170 Å². The van der Waals surface area contributed by atoms with Crippen LogP contribution in [0.2, 0.25) is 0 Å². The third kappa shape index (κ3) is 7.28. The molecule has 0 unspecified atom stereocenters. The summed E-state index contributed by atoms with van der Waals surface area (Å²) < 4.78 is 99.6. The SMILES string of the molecule is [2H]c1c([2H])c([2H])c(-c2cccc(-c3c([2H])c([2H])c([2H])c([2H])c3[2H])c2-[n+]2[c-]n(-c3[c-]c(Oc4[c-]c5c(cc4)c4ccccc4n5-c4cc(C(C)(C)C)ccn4)ccc3)c3c(C(C)C)cccc32)c([2H])c1[2H].[Pt]. The van der Waals surface area contributed by atoms with Gasteiger partial charge in [-0.15, -0.1) is 29.7 Å². The molecule has 0 amide bonds. The van der Waals surface area contributed by atoms with E-state index in [1.165, 1.54) is 0 Å². The first-order chi connectivity index (χ1) is 33.4. The van der Waals surface area contributed by atoms with Crippen LogP contribution >= 0.6 is 0 Å². The Morgan fingerprint density at radius 1 is 0.705 bits per heavy atom. The Hall–Kier alpha value is -6.55. The molecule has 5 nitrogen and oxygen atoms in total. The molecule has 0 radical (unpaired) electrons. The maximum Gasteiger partial charge on any atom is 0.268 e. The average molecular weight is 982 g/mol. The molecule has 10 rings (SSSR count). The van der Waals surface area contributed by atoms with Gasteiger partial charge in [-0.2, -0.15) is 18.2 Å². The smallest absolute Gasteiger partial charge is 0.268 e. The number of hydrogen-bond donors (Lipinski definition) is 0. The van der Waals surface area contributed by atoms with Crippen LogP contribution in [0.25, 0.3) is 72.3 Å². The van der Waals surface area contributed by atoms with E-state index in [-0.39, 0.29) is 60.3 Å². The van der Waals surface area contributed by atoms with Gasteiger partial charge >= 0.3 is 0 Å². The molecular weight excluding hydrogens is 928 g/mol. The number of pyridine rings is 1. The molecule has 0 aliphatic heterocycles. The molecule has 0 fully saturated rings. The average Bonchev–Trinajstić information content (AvgIpc) is 3.90. The zero-order chi connectivity index (χ0) is 49.7. The normalized spacial score (nSPS) is 14.0. The number of aromatic nitrogens is 4. The summed E-state index contributed by atoms with van der Waals surface area (Å²) in [6.07, 6.45) is 5.32. The molecule has 0 bridgehead atoms. The Labute approximate surface area is 385 Å². The van der Waals surface area contributed by atoms with E-state index in [1.807, 2.05) is 66.9 Å². The number of para-hydroxylation sites is 3. The van der Waals surface area contributed by atoms with Crippen molar-refractivity contribution >= 4 is 32.8 Å². The first-order valence-electron chi connectivity index (χ1n) is 24.8. The van der Waals surface area contributed by atoms with Crippen molar-refractivity contribution in [1.29, 1.82) is 0 Å². The van der Waals surface area contributed by atoms with Crippen LogP contribution in [0.5, 0.6) is 11.5 Å². The summed E-state index contributed by atoms with van der Waals surface area (Å²) in [4.78, 5) is 4.81. The van der Waals surface area contributed by atoms with Crippen molar-refractivity contribution in [2.24, 2.45) is 0 Å². The van der Waals surface area contributed by atoms with Gasteiger partial charge in [0.2, 0.25) is 0 Å². The van der Waals surface area contributed by atoms with Gasteiger partial charge in [0.15, 0.2) is 0 Å². The molecule has 0 aliphatic rings. The van der Waals surface area contributed by atoms with E-state index in [0.717, 1.165) is 38.8 Å². The molecule has 0 N–H and O–H groups in total. The van der Waals surface area contributed by atoms with Gasteiger partial charge in [-0.3, -0.25) is 4.57 Å². The van der Waals surface area contributed by atoms with Gasteiger partial charge in [-0.05, 0) is 74.0 Å². The van der Waals surface area contributed by atoms with Crippen molar-refractivity contribution < 1.29 is 44.1 Å². The number of benzene rings is 7. The van der Waals surface area contributed by atoms with Crippen LogP contribution in [0.1, 0.15) is 65.4 Å². The molecule has 6 heteroatoms. The molecule has 61 heavy (non-hydrogen) atoms. The Morgan fingerprint density at radius 2 is 1.38 bits per heavy atom. The third-order valence-corrected chi connectivity index (χ3v) is 10.7. The number of imidazole rings is 1. The fourth-order valence-electron chi connectivity index (χ4n) is 7.87. The van der Waals surface area contributed by atoms with Crippen molar-refractivity contribution in [2.45, 2.75) is 46.0 Å². The van der Waals surface area contributed by atoms with Gasteiger partial charge in [0.1, 0.15) is 5.82 Å². The summed E-state index contributed by atoms with van der Waals surface area (Å²) in [5.41, 5.74) is 5.69. The van der Waals surface area contributed by atoms with Crippen LogP contribution in [-0.2, 0) is 26.5 Å². The van der Waals surface area contributed by atoms with Gasteiger partial charge < -0.3 is 13.9 Å². The second-order valence-electron chi connectivity index (χ2n) is 15.9. The molecule has 0 saturated carbocycles.